The summed E-state index contributed by atoms with van der Waals surface area (Å²) in [5.41, 5.74) is 5.97. The van der Waals surface area contributed by atoms with E-state index in [9.17, 15) is 0 Å². The Kier molecular flexibility index (Phi) is 8.62. The first-order valence-electron chi connectivity index (χ1n) is 17.2. The van der Waals surface area contributed by atoms with E-state index in [4.69, 9.17) is 23.5 Å². The van der Waals surface area contributed by atoms with Crippen LogP contribution in [0.5, 0.6) is 11.5 Å². The molecule has 0 aliphatic heterocycles. The molecule has 0 fully saturated rings. The van der Waals surface area contributed by atoms with Gasteiger partial charge in [0, 0.05) is 57.2 Å². The average Bonchev–Trinajstić information content (AvgIpc) is 3.79. The van der Waals surface area contributed by atoms with Crippen molar-refractivity contribution in [3.8, 4) is 11.5 Å². The molecule has 10 rings (SSSR count). The number of para-hydroxylation sites is 4. The van der Waals surface area contributed by atoms with Crippen molar-refractivity contribution in [1.29, 1.82) is 0 Å². The molecule has 6 aromatic carbocycles. The molecule has 7 nitrogen and oxygen atoms in total. The number of benzene rings is 6. The Morgan fingerprint density at radius 2 is 0.852 bits per heavy atom. The third-order valence-electron chi connectivity index (χ3n) is 9.18. The van der Waals surface area contributed by atoms with Gasteiger partial charge >= 0.3 is 21.1 Å². The van der Waals surface area contributed by atoms with Crippen LogP contribution in [0.4, 0.5) is 34.4 Å². The molecule has 0 spiro atoms. The van der Waals surface area contributed by atoms with Crippen molar-refractivity contribution >= 4 is 78.3 Å². The largest absolute Gasteiger partial charge is 2.00 e. The second kappa shape index (κ2) is 14.0. The summed E-state index contributed by atoms with van der Waals surface area (Å²) < 4.78 is 20.0. The van der Waals surface area contributed by atoms with Crippen molar-refractivity contribution in [2.45, 2.75) is 0 Å². The van der Waals surface area contributed by atoms with E-state index in [2.05, 4.69) is 24.3 Å². The monoisotopic (exact) mass is 879 g/mol. The molecule has 54 heavy (non-hydrogen) atoms. The second-order valence-corrected chi connectivity index (χ2v) is 12.5. The quantitative estimate of drug-likeness (QED) is 0.141. The van der Waals surface area contributed by atoms with Crippen LogP contribution in [-0.4, -0.2) is 9.97 Å². The Bertz CT molecular complexity index is 2600. The van der Waals surface area contributed by atoms with Gasteiger partial charge in [0.2, 0.25) is 0 Å². The van der Waals surface area contributed by atoms with E-state index in [-0.39, 0.29) is 21.1 Å². The van der Waals surface area contributed by atoms with Crippen molar-refractivity contribution < 1.29 is 34.6 Å². The van der Waals surface area contributed by atoms with Crippen LogP contribution < -0.4 is 14.5 Å². The molecule has 0 saturated heterocycles. The van der Waals surface area contributed by atoms with E-state index in [0.717, 1.165) is 44.1 Å². The van der Waals surface area contributed by atoms with Crippen molar-refractivity contribution in [3.05, 3.63) is 182 Å². The molecular formula is C46H28N4O3Pt. The van der Waals surface area contributed by atoms with Gasteiger partial charge in [-0.25, -0.2) is 9.97 Å². The third kappa shape index (κ3) is 5.85. The maximum absolute atomic E-state index is 6.87. The molecule has 0 radical (unpaired) electrons. The molecule has 0 N–H and O–H groups in total. The van der Waals surface area contributed by atoms with Gasteiger partial charge in [-0.3, -0.25) is 0 Å². The van der Waals surface area contributed by atoms with Crippen molar-refractivity contribution in [2.75, 3.05) is 9.80 Å². The predicted molar refractivity (Wildman–Crippen MR) is 210 cm³/mol. The summed E-state index contributed by atoms with van der Waals surface area (Å²) in [6, 6.07) is 59.0. The summed E-state index contributed by atoms with van der Waals surface area (Å²) in [6.45, 7) is 0. The van der Waals surface area contributed by atoms with Crippen LogP contribution in [0.25, 0.3) is 43.9 Å². The molecular weight excluding hydrogens is 852 g/mol. The van der Waals surface area contributed by atoms with Gasteiger partial charge in [-0.1, -0.05) is 95.7 Å². The van der Waals surface area contributed by atoms with Gasteiger partial charge in [-0.2, -0.15) is 0 Å². The first-order valence-corrected chi connectivity index (χ1v) is 17.2. The maximum atomic E-state index is 6.87. The fourth-order valence-electron chi connectivity index (χ4n) is 6.87. The van der Waals surface area contributed by atoms with Crippen LogP contribution in [0.2, 0.25) is 0 Å². The van der Waals surface area contributed by atoms with E-state index in [1.54, 1.807) is 12.4 Å². The number of aromatic nitrogens is 2. The fourth-order valence-corrected chi connectivity index (χ4v) is 6.87. The minimum Gasteiger partial charge on any atom is -0.513 e. The van der Waals surface area contributed by atoms with E-state index < -0.39 is 0 Å². The molecule has 0 aliphatic carbocycles. The van der Waals surface area contributed by atoms with E-state index >= 15 is 0 Å². The smallest absolute Gasteiger partial charge is 0.513 e. The van der Waals surface area contributed by atoms with Crippen LogP contribution in [0, 0.1) is 12.1 Å². The zero-order valence-corrected chi connectivity index (χ0v) is 30.8. The van der Waals surface area contributed by atoms with Gasteiger partial charge in [-0.15, -0.1) is 24.3 Å². The third-order valence-corrected chi connectivity index (χ3v) is 9.18. The van der Waals surface area contributed by atoms with Gasteiger partial charge in [-0.05, 0) is 72.0 Å². The summed E-state index contributed by atoms with van der Waals surface area (Å²) in [5, 5.41) is 3.69. The number of anilines is 6. The first kappa shape index (κ1) is 33.2. The second-order valence-electron chi connectivity index (χ2n) is 12.5. The van der Waals surface area contributed by atoms with E-state index in [0.29, 0.717) is 45.7 Å². The number of furan rings is 2. The molecule has 0 amide bonds. The predicted octanol–water partition coefficient (Wildman–Crippen LogP) is 12.6. The molecule has 0 saturated carbocycles. The number of hydrogen-bond acceptors (Lipinski definition) is 7. The van der Waals surface area contributed by atoms with Gasteiger partial charge in [0.1, 0.15) is 22.8 Å². The standard InChI is InChI=1S/C46H28N4O3.Pt/c1-3-15-31(16-4-1)49(43-23-11-13-25-47-43)39-29-33(27-37-35-19-7-9-21-41(35)52-45(37)39)51-34-28-38-36-20-8-10-22-42(36)53-46(38)40(30-34)50(32-17-5-2-6-18-32)44-24-12-14-26-48-44;/h1-28H;/q-2;+2. The Balaban J connectivity index is 0.00000384. The Morgan fingerprint density at radius 3 is 1.28 bits per heavy atom. The number of nitrogens with zero attached hydrogens (tertiary/aromatic N) is 4. The minimum atomic E-state index is 0. The van der Waals surface area contributed by atoms with Gasteiger partial charge < -0.3 is 23.4 Å². The van der Waals surface area contributed by atoms with Gasteiger partial charge in [0.25, 0.3) is 0 Å². The molecule has 0 bridgehead atoms. The Hall–Kier alpha value is -6.69. The molecule has 8 heteroatoms. The average molecular weight is 880 g/mol. The number of ether oxygens (including phenoxy) is 1. The minimum absolute atomic E-state index is 0. The summed E-state index contributed by atoms with van der Waals surface area (Å²) >= 11 is 0. The normalized spacial score (nSPS) is 11.2. The van der Waals surface area contributed by atoms with Gasteiger partial charge in [0.15, 0.2) is 0 Å². The molecule has 0 aliphatic rings. The van der Waals surface area contributed by atoms with Crippen LogP contribution in [0.15, 0.2) is 179 Å². The maximum Gasteiger partial charge on any atom is 2.00 e. The number of fused-ring (bicyclic) bond motifs is 6. The molecule has 10 aromatic rings. The van der Waals surface area contributed by atoms with Crippen LogP contribution in [-0.2, 0) is 21.1 Å². The SMILES string of the molecule is [Pt+2].[c-]1c(Oc2[c-]c(N(c3ccccc3)c3ccccn3)c3oc4ccccc4c3c2)cc2c(oc3ccccc32)c1N(c1ccccc1)c1ccccn1. The Labute approximate surface area is 324 Å². The molecule has 4 aromatic heterocycles. The number of hydrogen-bond donors (Lipinski definition) is 0. The summed E-state index contributed by atoms with van der Waals surface area (Å²) in [6.07, 6.45) is 3.56. The fraction of sp³-hybridized carbons (Fsp3) is 0. The van der Waals surface area contributed by atoms with Gasteiger partial charge in [0.05, 0.1) is 0 Å². The van der Waals surface area contributed by atoms with Crippen molar-refractivity contribution in [3.63, 3.8) is 0 Å². The zero-order chi connectivity index (χ0) is 35.1. The molecule has 0 atom stereocenters. The van der Waals surface area contributed by atoms with E-state index in [1.165, 1.54) is 0 Å². The molecule has 260 valence electrons. The molecule has 4 heterocycles. The Morgan fingerprint density at radius 1 is 0.444 bits per heavy atom. The number of rotatable bonds is 8. The summed E-state index contributed by atoms with van der Waals surface area (Å²) in [7, 11) is 0. The van der Waals surface area contributed by atoms with Crippen molar-refractivity contribution in [1.82, 2.24) is 9.97 Å². The van der Waals surface area contributed by atoms with Crippen molar-refractivity contribution in [2.24, 2.45) is 0 Å². The summed E-state index contributed by atoms with van der Waals surface area (Å²) in [5.74, 6) is 2.38. The van der Waals surface area contributed by atoms with Crippen LogP contribution >= 0.6 is 0 Å². The number of pyridine rings is 2. The van der Waals surface area contributed by atoms with Crippen LogP contribution in [0.3, 0.4) is 0 Å². The topological polar surface area (TPSA) is 67.8 Å². The summed E-state index contributed by atoms with van der Waals surface area (Å²) in [4.78, 5) is 13.6. The first-order chi connectivity index (χ1) is 26.3. The van der Waals surface area contributed by atoms with Crippen LogP contribution in [0.1, 0.15) is 0 Å². The van der Waals surface area contributed by atoms with E-state index in [1.807, 2.05) is 155 Å². The zero-order valence-electron chi connectivity index (χ0n) is 28.5. The molecule has 0 unspecified atom stereocenters.